The van der Waals surface area contributed by atoms with E-state index in [1.807, 2.05) is 9.80 Å². The number of urea groups is 1. The maximum Gasteiger partial charge on any atom is 0.320 e. The summed E-state index contributed by atoms with van der Waals surface area (Å²) in [6, 6.07) is 1.33. The predicted molar refractivity (Wildman–Crippen MR) is 98.2 cm³/mol. The van der Waals surface area contributed by atoms with E-state index in [2.05, 4.69) is 21.8 Å². The molecular formula is C19H29N5O2. The topological polar surface area (TPSA) is 61.8 Å². The Kier molecular flexibility index (Phi) is 5.24. The van der Waals surface area contributed by atoms with Gasteiger partial charge in [-0.2, -0.15) is 0 Å². The molecule has 26 heavy (non-hydrogen) atoms. The highest BCUT2D eigenvalue weighted by atomic mass is 16.5. The number of carbonyl (C=O) groups is 1. The van der Waals surface area contributed by atoms with Crippen molar-refractivity contribution in [2.75, 3.05) is 39.3 Å². The van der Waals surface area contributed by atoms with Gasteiger partial charge in [-0.1, -0.05) is 13.3 Å². The van der Waals surface area contributed by atoms with Crippen LogP contribution in [-0.2, 0) is 6.42 Å². The highest BCUT2D eigenvalue weighted by Crippen LogP contribution is 2.26. The molecule has 2 saturated heterocycles. The molecular weight excluding hydrogens is 330 g/mol. The van der Waals surface area contributed by atoms with Crippen LogP contribution in [0.5, 0.6) is 6.01 Å². The van der Waals surface area contributed by atoms with Gasteiger partial charge in [0, 0.05) is 44.6 Å². The number of hydrogen-bond donors (Lipinski definition) is 0. The summed E-state index contributed by atoms with van der Waals surface area (Å²) < 4.78 is 5.77. The third-order valence-corrected chi connectivity index (χ3v) is 5.87. The fourth-order valence-electron chi connectivity index (χ4n) is 3.85. The molecule has 0 atom stereocenters. The lowest BCUT2D eigenvalue weighted by atomic mass is 9.91. The first-order chi connectivity index (χ1) is 12.7. The minimum atomic E-state index is 0.00452. The lowest BCUT2D eigenvalue weighted by Gasteiger charge is -2.41. The highest BCUT2D eigenvalue weighted by Gasteiger charge is 2.36. The Bertz CT molecular complexity index is 613. The van der Waals surface area contributed by atoms with E-state index in [4.69, 9.17) is 4.74 Å². The monoisotopic (exact) mass is 359 g/mol. The molecule has 7 heteroatoms. The predicted octanol–water partition coefficient (Wildman–Crippen LogP) is 1.78. The Labute approximate surface area is 155 Å². The lowest BCUT2D eigenvalue weighted by Crippen LogP contribution is -2.60. The molecule has 0 bridgehead atoms. The molecule has 0 unspecified atom stereocenters. The van der Waals surface area contributed by atoms with Crippen molar-refractivity contribution in [3.8, 4) is 6.01 Å². The molecule has 0 N–H and O–H groups in total. The molecule has 4 rings (SSSR count). The zero-order valence-corrected chi connectivity index (χ0v) is 15.6. The SMILES string of the molecule is CCc1cnc(OC2CN(C(=O)N3CCCN(C4CCC4)CC3)C2)nc1. The van der Waals surface area contributed by atoms with Crippen LogP contribution < -0.4 is 4.74 Å². The van der Waals surface area contributed by atoms with Crippen LogP contribution in [0.1, 0.15) is 38.2 Å². The van der Waals surface area contributed by atoms with E-state index in [1.165, 1.54) is 19.3 Å². The maximum absolute atomic E-state index is 12.7. The average Bonchev–Trinajstić information content (AvgIpc) is 2.82. The normalized spacial score (nSPS) is 22.5. The van der Waals surface area contributed by atoms with Gasteiger partial charge in [-0.15, -0.1) is 0 Å². The third kappa shape index (κ3) is 3.77. The number of amides is 2. The summed E-state index contributed by atoms with van der Waals surface area (Å²) in [6.45, 7) is 7.18. The Hall–Kier alpha value is -1.89. The van der Waals surface area contributed by atoms with Gasteiger partial charge >= 0.3 is 12.0 Å². The van der Waals surface area contributed by atoms with Crippen LogP contribution in [0.4, 0.5) is 4.79 Å². The molecule has 1 aromatic heterocycles. The van der Waals surface area contributed by atoms with Crippen molar-refractivity contribution in [1.82, 2.24) is 24.7 Å². The Morgan fingerprint density at radius 3 is 2.50 bits per heavy atom. The van der Waals surface area contributed by atoms with Crippen molar-refractivity contribution in [3.05, 3.63) is 18.0 Å². The average molecular weight is 359 g/mol. The molecule has 2 aliphatic heterocycles. The molecule has 2 amide bonds. The van der Waals surface area contributed by atoms with Gasteiger partial charge in [-0.25, -0.2) is 14.8 Å². The van der Waals surface area contributed by atoms with Gasteiger partial charge in [-0.05, 0) is 31.2 Å². The van der Waals surface area contributed by atoms with Crippen LogP contribution in [0.2, 0.25) is 0 Å². The molecule has 1 saturated carbocycles. The molecule has 0 spiro atoms. The minimum absolute atomic E-state index is 0.00452. The molecule has 3 heterocycles. The van der Waals surface area contributed by atoms with Crippen molar-refractivity contribution in [3.63, 3.8) is 0 Å². The maximum atomic E-state index is 12.7. The summed E-state index contributed by atoms with van der Waals surface area (Å²) in [5, 5.41) is 0. The summed E-state index contributed by atoms with van der Waals surface area (Å²) >= 11 is 0. The van der Waals surface area contributed by atoms with Gasteiger partial charge in [0.15, 0.2) is 0 Å². The fourth-order valence-corrected chi connectivity index (χ4v) is 3.85. The fraction of sp³-hybridized carbons (Fsp3) is 0.737. The van der Waals surface area contributed by atoms with E-state index >= 15 is 0 Å². The van der Waals surface area contributed by atoms with Crippen molar-refractivity contribution < 1.29 is 9.53 Å². The van der Waals surface area contributed by atoms with Crippen LogP contribution in [-0.4, -0.2) is 82.1 Å². The number of aryl methyl sites for hydroxylation is 1. The zero-order chi connectivity index (χ0) is 17.9. The molecule has 3 aliphatic rings. The van der Waals surface area contributed by atoms with Crippen LogP contribution >= 0.6 is 0 Å². The number of likely N-dealkylation sites (tertiary alicyclic amines) is 1. The molecule has 0 radical (unpaired) electrons. The largest absolute Gasteiger partial charge is 0.456 e. The number of hydrogen-bond acceptors (Lipinski definition) is 5. The van der Waals surface area contributed by atoms with Crippen molar-refractivity contribution >= 4 is 6.03 Å². The van der Waals surface area contributed by atoms with Gasteiger partial charge in [0.2, 0.25) is 0 Å². The zero-order valence-electron chi connectivity index (χ0n) is 15.6. The summed E-state index contributed by atoms with van der Waals surface area (Å²) in [5.41, 5.74) is 1.10. The Morgan fingerprint density at radius 2 is 1.85 bits per heavy atom. The van der Waals surface area contributed by atoms with Gasteiger partial charge in [0.05, 0.1) is 13.1 Å². The summed E-state index contributed by atoms with van der Waals surface area (Å²) in [7, 11) is 0. The van der Waals surface area contributed by atoms with Crippen LogP contribution in [0, 0.1) is 0 Å². The molecule has 1 aliphatic carbocycles. The second-order valence-electron chi connectivity index (χ2n) is 7.62. The standard InChI is InChI=1S/C19H29N5O2/c1-2-15-11-20-18(21-12-15)26-17-13-24(14-17)19(25)23-8-4-7-22(9-10-23)16-5-3-6-16/h11-12,16-17H,2-10,13-14H2,1H3. The number of ether oxygens (including phenoxy) is 1. The van der Waals surface area contributed by atoms with E-state index in [0.717, 1.165) is 50.6 Å². The highest BCUT2D eigenvalue weighted by molar-refractivity contribution is 5.75. The Morgan fingerprint density at radius 1 is 1.08 bits per heavy atom. The van der Waals surface area contributed by atoms with Crippen LogP contribution in [0.15, 0.2) is 12.4 Å². The first kappa shape index (κ1) is 17.5. The summed E-state index contributed by atoms with van der Waals surface area (Å²) in [6.07, 6.45) is 9.63. The van der Waals surface area contributed by atoms with Gasteiger partial charge in [-0.3, -0.25) is 4.90 Å². The number of nitrogens with zero attached hydrogens (tertiary/aromatic N) is 5. The molecule has 3 fully saturated rings. The van der Waals surface area contributed by atoms with Gasteiger partial charge in [0.1, 0.15) is 6.10 Å². The van der Waals surface area contributed by atoms with Gasteiger partial charge < -0.3 is 14.5 Å². The Balaban J connectivity index is 1.22. The first-order valence-electron chi connectivity index (χ1n) is 9.98. The minimum Gasteiger partial charge on any atom is -0.456 e. The second-order valence-corrected chi connectivity index (χ2v) is 7.62. The van der Waals surface area contributed by atoms with E-state index < -0.39 is 0 Å². The van der Waals surface area contributed by atoms with E-state index in [-0.39, 0.29) is 12.1 Å². The third-order valence-electron chi connectivity index (χ3n) is 5.87. The van der Waals surface area contributed by atoms with Crippen LogP contribution in [0.3, 0.4) is 0 Å². The first-order valence-corrected chi connectivity index (χ1v) is 9.98. The van der Waals surface area contributed by atoms with E-state index in [0.29, 0.717) is 19.1 Å². The van der Waals surface area contributed by atoms with E-state index in [9.17, 15) is 4.79 Å². The van der Waals surface area contributed by atoms with Crippen molar-refractivity contribution in [1.29, 1.82) is 0 Å². The molecule has 7 nitrogen and oxygen atoms in total. The smallest absolute Gasteiger partial charge is 0.320 e. The van der Waals surface area contributed by atoms with Crippen LogP contribution in [0.25, 0.3) is 0 Å². The summed E-state index contributed by atoms with van der Waals surface area (Å²) in [4.78, 5) is 27.7. The molecule has 0 aromatic carbocycles. The number of carbonyl (C=O) groups excluding carboxylic acids is 1. The van der Waals surface area contributed by atoms with E-state index in [1.54, 1.807) is 12.4 Å². The number of rotatable bonds is 4. The van der Waals surface area contributed by atoms with Crippen molar-refractivity contribution in [2.24, 2.45) is 0 Å². The summed E-state index contributed by atoms with van der Waals surface area (Å²) in [5.74, 6) is 0. The quantitative estimate of drug-likeness (QED) is 0.820. The second kappa shape index (κ2) is 7.78. The molecule has 1 aromatic rings. The number of aromatic nitrogens is 2. The van der Waals surface area contributed by atoms with Crippen molar-refractivity contribution in [2.45, 2.75) is 51.2 Å². The molecule has 142 valence electrons. The van der Waals surface area contributed by atoms with Gasteiger partial charge in [0.25, 0.3) is 0 Å². The lowest BCUT2D eigenvalue weighted by molar-refractivity contribution is 0.0254.